The van der Waals surface area contributed by atoms with Crippen LogP contribution in [0, 0.1) is 0 Å². The van der Waals surface area contributed by atoms with Crippen LogP contribution >= 0.6 is 0 Å². The smallest absolute Gasteiger partial charge is 0.257 e. The molecule has 0 bridgehead atoms. The lowest BCUT2D eigenvalue weighted by Gasteiger charge is -2.17. The van der Waals surface area contributed by atoms with Gasteiger partial charge in [-0.15, -0.1) is 0 Å². The van der Waals surface area contributed by atoms with E-state index < -0.39 is 0 Å². The van der Waals surface area contributed by atoms with Gasteiger partial charge in [-0.25, -0.2) is 0 Å². The zero-order valence-corrected chi connectivity index (χ0v) is 12.9. The van der Waals surface area contributed by atoms with Crippen LogP contribution in [-0.2, 0) is 0 Å². The number of hydrogen-bond donors (Lipinski definition) is 1. The van der Waals surface area contributed by atoms with Crippen molar-refractivity contribution in [3.05, 3.63) is 42.5 Å². The molecule has 0 saturated heterocycles. The second-order valence-corrected chi connectivity index (χ2v) is 4.95. The number of aromatic hydroxyl groups is 1. The average Bonchev–Trinajstić information content (AvgIpc) is 2.52. The molecule has 22 heavy (non-hydrogen) atoms. The molecule has 0 saturated carbocycles. The van der Waals surface area contributed by atoms with Gasteiger partial charge in [0.1, 0.15) is 23.9 Å². The molecule has 0 aliphatic carbocycles. The molecule has 5 heteroatoms. The maximum absolute atomic E-state index is 12.3. The third kappa shape index (κ3) is 2.70. The van der Waals surface area contributed by atoms with Crippen molar-refractivity contribution in [2.75, 3.05) is 27.8 Å². The highest BCUT2D eigenvalue weighted by Gasteiger charge is 2.21. The Morgan fingerprint density at radius 3 is 2.68 bits per heavy atom. The summed E-state index contributed by atoms with van der Waals surface area (Å²) in [6, 6.07) is 6.88. The fourth-order valence-corrected chi connectivity index (χ4v) is 2.23. The van der Waals surface area contributed by atoms with Crippen LogP contribution in [0.15, 0.2) is 36.9 Å². The van der Waals surface area contributed by atoms with Crippen molar-refractivity contribution in [2.45, 2.75) is 0 Å². The fraction of sp³-hybridized carbons (Fsp3) is 0.235. The molecule has 0 fully saturated rings. The topological polar surface area (TPSA) is 59.0 Å². The van der Waals surface area contributed by atoms with Gasteiger partial charge in [-0.3, -0.25) is 4.79 Å². The van der Waals surface area contributed by atoms with E-state index in [0.717, 1.165) is 0 Å². The normalized spacial score (nSPS) is 10.3. The highest BCUT2D eigenvalue weighted by Crippen LogP contribution is 2.41. The highest BCUT2D eigenvalue weighted by atomic mass is 16.5. The van der Waals surface area contributed by atoms with Gasteiger partial charge in [0.05, 0.1) is 18.1 Å². The van der Waals surface area contributed by atoms with Gasteiger partial charge in [-0.1, -0.05) is 24.8 Å². The van der Waals surface area contributed by atoms with Crippen molar-refractivity contribution in [3.63, 3.8) is 0 Å². The molecule has 0 unspecified atom stereocenters. The average molecular weight is 301 g/mol. The number of ether oxygens (including phenoxy) is 2. The summed E-state index contributed by atoms with van der Waals surface area (Å²) in [5, 5.41) is 11.7. The van der Waals surface area contributed by atoms with E-state index in [4.69, 9.17) is 9.47 Å². The molecular weight excluding hydrogens is 282 g/mol. The van der Waals surface area contributed by atoms with Gasteiger partial charge in [-0.2, -0.15) is 0 Å². The fourth-order valence-electron chi connectivity index (χ4n) is 2.23. The predicted molar refractivity (Wildman–Crippen MR) is 85.9 cm³/mol. The Kier molecular flexibility index (Phi) is 4.56. The summed E-state index contributed by atoms with van der Waals surface area (Å²) in [6.07, 6.45) is 1.62. The quantitative estimate of drug-likeness (QED) is 0.863. The molecule has 2 aromatic rings. The van der Waals surface area contributed by atoms with Crippen LogP contribution in [0.1, 0.15) is 10.4 Å². The van der Waals surface area contributed by atoms with E-state index in [2.05, 4.69) is 6.58 Å². The number of carbonyl (C=O) groups excluding carboxylic acids is 1. The first-order chi connectivity index (χ1) is 10.5. The second kappa shape index (κ2) is 6.39. The van der Waals surface area contributed by atoms with Crippen LogP contribution in [0.5, 0.6) is 17.2 Å². The van der Waals surface area contributed by atoms with E-state index >= 15 is 0 Å². The third-order valence-corrected chi connectivity index (χ3v) is 3.27. The molecule has 0 heterocycles. The monoisotopic (exact) mass is 301 g/mol. The van der Waals surface area contributed by atoms with Crippen molar-refractivity contribution >= 4 is 16.7 Å². The van der Waals surface area contributed by atoms with Gasteiger partial charge in [0, 0.05) is 19.5 Å². The molecule has 2 aromatic carbocycles. The van der Waals surface area contributed by atoms with Gasteiger partial charge in [-0.05, 0) is 12.1 Å². The summed E-state index contributed by atoms with van der Waals surface area (Å²) in [5.41, 5.74) is 0.168. The SMILES string of the molecule is C=CCOc1cc(C(=O)N(C)C)c(O)c2c(OC)cccc12. The number of methoxy groups -OCH3 is 1. The third-order valence-electron chi connectivity index (χ3n) is 3.27. The summed E-state index contributed by atoms with van der Waals surface area (Å²) in [7, 11) is 4.76. The Morgan fingerprint density at radius 2 is 2.09 bits per heavy atom. The van der Waals surface area contributed by atoms with E-state index in [9.17, 15) is 9.90 Å². The lowest BCUT2D eigenvalue weighted by atomic mass is 10.0. The molecule has 0 aliphatic heterocycles. The maximum Gasteiger partial charge on any atom is 0.257 e. The molecule has 0 radical (unpaired) electrons. The van der Waals surface area contributed by atoms with Crippen molar-refractivity contribution in [1.82, 2.24) is 4.90 Å². The minimum Gasteiger partial charge on any atom is -0.506 e. The van der Waals surface area contributed by atoms with Crippen LogP contribution in [0.3, 0.4) is 0 Å². The molecule has 5 nitrogen and oxygen atoms in total. The zero-order chi connectivity index (χ0) is 16.3. The zero-order valence-electron chi connectivity index (χ0n) is 12.9. The largest absolute Gasteiger partial charge is 0.506 e. The first-order valence-electron chi connectivity index (χ1n) is 6.79. The number of hydrogen-bond acceptors (Lipinski definition) is 4. The van der Waals surface area contributed by atoms with E-state index in [1.807, 2.05) is 0 Å². The number of nitrogens with zero attached hydrogens (tertiary/aromatic N) is 1. The maximum atomic E-state index is 12.3. The van der Waals surface area contributed by atoms with Crippen LogP contribution in [-0.4, -0.2) is 43.7 Å². The summed E-state index contributed by atoms with van der Waals surface area (Å²) >= 11 is 0. The summed E-state index contributed by atoms with van der Waals surface area (Å²) in [5.74, 6) is 0.550. The van der Waals surface area contributed by atoms with Gasteiger partial charge in [0.15, 0.2) is 0 Å². The number of phenols is 1. The first-order valence-corrected chi connectivity index (χ1v) is 6.79. The number of amides is 1. The van der Waals surface area contributed by atoms with Gasteiger partial charge < -0.3 is 19.5 Å². The summed E-state index contributed by atoms with van der Waals surface area (Å²) in [6.45, 7) is 3.92. The lowest BCUT2D eigenvalue weighted by Crippen LogP contribution is -2.22. The number of rotatable bonds is 5. The Morgan fingerprint density at radius 1 is 1.36 bits per heavy atom. The molecule has 2 rings (SSSR count). The minimum absolute atomic E-state index is 0.114. The predicted octanol–water partition coefficient (Wildman–Crippen LogP) is 2.82. The highest BCUT2D eigenvalue weighted by molar-refractivity contribution is 6.07. The number of fused-ring (bicyclic) bond motifs is 1. The standard InChI is InChI=1S/C17H19NO4/c1-5-9-22-14-10-12(17(20)18(2)3)16(19)15-11(14)7-6-8-13(15)21-4/h5-8,10,19H,1,9H2,2-4H3. The van der Waals surface area contributed by atoms with E-state index in [0.29, 0.717) is 28.9 Å². The molecule has 1 amide bonds. The summed E-state index contributed by atoms with van der Waals surface area (Å²) < 4.78 is 10.9. The number of phenolic OH excluding ortho intramolecular Hbond substituents is 1. The number of benzene rings is 2. The Labute approximate surface area is 129 Å². The Bertz CT molecular complexity index is 722. The van der Waals surface area contributed by atoms with Crippen molar-refractivity contribution in [3.8, 4) is 17.2 Å². The molecule has 0 aliphatic rings. The molecule has 0 aromatic heterocycles. The van der Waals surface area contributed by atoms with Crippen LogP contribution in [0.25, 0.3) is 10.8 Å². The Balaban J connectivity index is 2.79. The summed E-state index contributed by atoms with van der Waals surface area (Å²) in [4.78, 5) is 13.7. The van der Waals surface area contributed by atoms with E-state index in [1.54, 1.807) is 44.4 Å². The molecule has 1 N–H and O–H groups in total. The minimum atomic E-state index is -0.311. The van der Waals surface area contributed by atoms with Crippen LogP contribution < -0.4 is 9.47 Å². The van der Waals surface area contributed by atoms with Crippen molar-refractivity contribution < 1.29 is 19.4 Å². The molecular formula is C17H19NO4. The molecule has 0 spiro atoms. The van der Waals surface area contributed by atoms with Crippen molar-refractivity contribution in [2.24, 2.45) is 0 Å². The van der Waals surface area contributed by atoms with Crippen LogP contribution in [0.2, 0.25) is 0 Å². The van der Waals surface area contributed by atoms with Gasteiger partial charge in [0.2, 0.25) is 0 Å². The van der Waals surface area contributed by atoms with Gasteiger partial charge >= 0.3 is 0 Å². The van der Waals surface area contributed by atoms with Gasteiger partial charge in [0.25, 0.3) is 5.91 Å². The lowest BCUT2D eigenvalue weighted by molar-refractivity contribution is 0.0824. The molecule has 0 atom stereocenters. The van der Waals surface area contributed by atoms with Crippen molar-refractivity contribution in [1.29, 1.82) is 0 Å². The molecule has 116 valence electrons. The second-order valence-electron chi connectivity index (χ2n) is 4.95. The number of carbonyl (C=O) groups is 1. The van der Waals surface area contributed by atoms with E-state index in [-0.39, 0.29) is 17.2 Å². The Hall–Kier alpha value is -2.69. The first kappa shape index (κ1) is 15.7. The van der Waals surface area contributed by atoms with E-state index in [1.165, 1.54) is 12.0 Å². The van der Waals surface area contributed by atoms with Crippen LogP contribution in [0.4, 0.5) is 0 Å².